The van der Waals surface area contributed by atoms with E-state index in [1.165, 1.54) is 13.0 Å². The second-order valence-electron chi connectivity index (χ2n) is 4.40. The third-order valence-corrected chi connectivity index (χ3v) is 3.04. The summed E-state index contributed by atoms with van der Waals surface area (Å²) in [6.07, 6.45) is -2.16. The first-order valence-electron chi connectivity index (χ1n) is 5.52. The van der Waals surface area contributed by atoms with Gasteiger partial charge in [-0.3, -0.25) is 4.79 Å². The molecule has 1 aliphatic heterocycles. The van der Waals surface area contributed by atoms with Gasteiger partial charge >= 0.3 is 0 Å². The van der Waals surface area contributed by atoms with Gasteiger partial charge in [-0.05, 0) is 18.6 Å². The van der Waals surface area contributed by atoms with E-state index in [0.717, 1.165) is 11.0 Å². The topological polar surface area (TPSA) is 60.8 Å². The number of nitrogens with zero attached hydrogens (tertiary/aromatic N) is 1. The Morgan fingerprint density at radius 2 is 1.83 bits per heavy atom. The highest BCUT2D eigenvalue weighted by Crippen LogP contribution is 2.21. The van der Waals surface area contributed by atoms with Crippen molar-refractivity contribution in [3.8, 4) is 0 Å². The van der Waals surface area contributed by atoms with Crippen LogP contribution in [0.25, 0.3) is 0 Å². The number of hydrogen-bond acceptors (Lipinski definition) is 3. The van der Waals surface area contributed by atoms with Crippen LogP contribution in [0.15, 0.2) is 12.1 Å². The van der Waals surface area contributed by atoms with Crippen molar-refractivity contribution in [2.45, 2.75) is 19.1 Å². The van der Waals surface area contributed by atoms with Crippen molar-refractivity contribution < 1.29 is 23.8 Å². The second kappa shape index (κ2) is 4.62. The molecular formula is C12H13F2NO3. The molecule has 4 nitrogen and oxygen atoms in total. The summed E-state index contributed by atoms with van der Waals surface area (Å²) >= 11 is 0. The Morgan fingerprint density at radius 3 is 2.39 bits per heavy atom. The first kappa shape index (κ1) is 12.9. The number of benzene rings is 1. The predicted octanol–water partition coefficient (Wildman–Crippen LogP) is 0.451. The molecule has 2 atom stereocenters. The third-order valence-electron chi connectivity index (χ3n) is 3.04. The first-order valence-corrected chi connectivity index (χ1v) is 5.52. The molecule has 0 bridgehead atoms. The van der Waals surface area contributed by atoms with Gasteiger partial charge in [0.05, 0.1) is 12.2 Å². The highest BCUT2D eigenvalue weighted by Gasteiger charge is 2.35. The number of aliphatic hydroxyl groups excluding tert-OH is 2. The standard InChI is InChI=1S/C12H13F2NO3/c1-6-2-3-7(13)10(11(6)14)12(18)15-4-8(16)9(17)5-15/h2-3,8-9,16-17H,4-5H2,1H3. The molecule has 0 spiro atoms. The number of likely N-dealkylation sites (tertiary alicyclic amines) is 1. The Morgan fingerprint density at radius 1 is 1.28 bits per heavy atom. The summed E-state index contributed by atoms with van der Waals surface area (Å²) in [5, 5.41) is 18.7. The fraction of sp³-hybridized carbons (Fsp3) is 0.417. The van der Waals surface area contributed by atoms with Crippen molar-refractivity contribution in [2.75, 3.05) is 13.1 Å². The molecule has 1 amide bonds. The number of aliphatic hydroxyl groups is 2. The lowest BCUT2D eigenvalue weighted by atomic mass is 10.1. The molecule has 6 heteroatoms. The van der Waals surface area contributed by atoms with Crippen molar-refractivity contribution in [3.05, 3.63) is 34.9 Å². The van der Waals surface area contributed by atoms with Gasteiger partial charge in [0, 0.05) is 13.1 Å². The lowest BCUT2D eigenvalue weighted by Gasteiger charge is -2.16. The third kappa shape index (κ3) is 2.09. The van der Waals surface area contributed by atoms with Crippen LogP contribution in [0.2, 0.25) is 0 Å². The molecule has 1 aromatic rings. The van der Waals surface area contributed by atoms with Gasteiger partial charge < -0.3 is 15.1 Å². The number of β-amino-alcohol motifs (C(OH)–C–C–N with tert-alkyl or cyclic N) is 2. The molecule has 0 aliphatic carbocycles. The van der Waals surface area contributed by atoms with E-state index in [-0.39, 0.29) is 18.7 Å². The smallest absolute Gasteiger partial charge is 0.260 e. The van der Waals surface area contributed by atoms with Crippen LogP contribution in [0.5, 0.6) is 0 Å². The van der Waals surface area contributed by atoms with Crippen LogP contribution in [-0.2, 0) is 0 Å². The van der Waals surface area contributed by atoms with Crippen LogP contribution in [0, 0.1) is 18.6 Å². The zero-order valence-electron chi connectivity index (χ0n) is 9.73. The number of halogens is 2. The lowest BCUT2D eigenvalue weighted by molar-refractivity contribution is 0.0572. The molecule has 98 valence electrons. The van der Waals surface area contributed by atoms with E-state index in [0.29, 0.717) is 0 Å². The minimum absolute atomic E-state index is 0.132. The minimum Gasteiger partial charge on any atom is -0.388 e. The summed E-state index contributed by atoms with van der Waals surface area (Å²) in [6, 6.07) is 2.27. The zero-order chi connectivity index (χ0) is 13.4. The monoisotopic (exact) mass is 257 g/mol. The fourth-order valence-electron chi connectivity index (χ4n) is 1.95. The number of hydrogen-bond donors (Lipinski definition) is 2. The molecule has 0 saturated carbocycles. The molecule has 1 saturated heterocycles. The van der Waals surface area contributed by atoms with Crippen LogP contribution in [0.1, 0.15) is 15.9 Å². The van der Waals surface area contributed by atoms with E-state index in [9.17, 15) is 23.8 Å². The zero-order valence-corrected chi connectivity index (χ0v) is 9.73. The molecule has 2 unspecified atom stereocenters. The summed E-state index contributed by atoms with van der Waals surface area (Å²) in [5.41, 5.74) is -0.476. The average molecular weight is 257 g/mol. The maximum absolute atomic E-state index is 13.7. The fourth-order valence-corrected chi connectivity index (χ4v) is 1.95. The SMILES string of the molecule is Cc1ccc(F)c(C(=O)N2CC(O)C(O)C2)c1F. The largest absolute Gasteiger partial charge is 0.388 e. The normalized spacial score (nSPS) is 23.5. The minimum atomic E-state index is -1.08. The molecule has 2 N–H and O–H groups in total. The van der Waals surface area contributed by atoms with E-state index < -0.39 is 35.3 Å². The molecular weight excluding hydrogens is 244 g/mol. The molecule has 1 aliphatic rings. The summed E-state index contributed by atoms with van der Waals surface area (Å²) in [4.78, 5) is 13.0. The van der Waals surface area contributed by atoms with Gasteiger partial charge in [0.1, 0.15) is 17.2 Å². The maximum atomic E-state index is 13.7. The van der Waals surface area contributed by atoms with Crippen molar-refractivity contribution in [2.24, 2.45) is 0 Å². The van der Waals surface area contributed by atoms with Gasteiger partial charge in [0.25, 0.3) is 5.91 Å². The van der Waals surface area contributed by atoms with Crippen LogP contribution in [0.4, 0.5) is 8.78 Å². The molecule has 2 rings (SSSR count). The Labute approximate surface area is 102 Å². The number of rotatable bonds is 1. The summed E-state index contributed by atoms with van der Waals surface area (Å²) in [6.45, 7) is 1.17. The van der Waals surface area contributed by atoms with Gasteiger partial charge in [-0.15, -0.1) is 0 Å². The molecule has 1 heterocycles. The highest BCUT2D eigenvalue weighted by atomic mass is 19.1. The van der Waals surface area contributed by atoms with Gasteiger partial charge in [-0.25, -0.2) is 8.78 Å². The molecule has 0 radical (unpaired) electrons. The summed E-state index contributed by atoms with van der Waals surface area (Å²) in [5.74, 6) is -2.71. The van der Waals surface area contributed by atoms with E-state index in [2.05, 4.69) is 0 Å². The molecule has 0 aromatic heterocycles. The Kier molecular flexibility index (Phi) is 3.32. The van der Waals surface area contributed by atoms with E-state index in [4.69, 9.17) is 0 Å². The average Bonchev–Trinajstić information content (AvgIpc) is 2.65. The number of amides is 1. The van der Waals surface area contributed by atoms with Crippen molar-refractivity contribution in [3.63, 3.8) is 0 Å². The Hall–Kier alpha value is -1.53. The van der Waals surface area contributed by atoms with Crippen LogP contribution < -0.4 is 0 Å². The lowest BCUT2D eigenvalue weighted by Crippen LogP contribution is -2.31. The van der Waals surface area contributed by atoms with Crippen molar-refractivity contribution >= 4 is 5.91 Å². The highest BCUT2D eigenvalue weighted by molar-refractivity contribution is 5.95. The van der Waals surface area contributed by atoms with Crippen LogP contribution in [0.3, 0.4) is 0 Å². The van der Waals surface area contributed by atoms with E-state index in [1.807, 2.05) is 0 Å². The van der Waals surface area contributed by atoms with E-state index in [1.54, 1.807) is 0 Å². The second-order valence-corrected chi connectivity index (χ2v) is 4.40. The maximum Gasteiger partial charge on any atom is 0.260 e. The summed E-state index contributed by atoms with van der Waals surface area (Å²) < 4.78 is 27.3. The number of aryl methyl sites for hydroxylation is 1. The van der Waals surface area contributed by atoms with E-state index >= 15 is 0 Å². The quantitative estimate of drug-likeness (QED) is 0.768. The van der Waals surface area contributed by atoms with Crippen LogP contribution in [-0.4, -0.2) is 46.3 Å². The predicted molar refractivity (Wildman–Crippen MR) is 59.0 cm³/mol. The molecule has 1 aromatic carbocycles. The molecule has 1 fully saturated rings. The summed E-state index contributed by atoms with van der Waals surface area (Å²) in [7, 11) is 0. The van der Waals surface area contributed by atoms with Gasteiger partial charge in [0.15, 0.2) is 0 Å². The van der Waals surface area contributed by atoms with Crippen molar-refractivity contribution in [1.29, 1.82) is 0 Å². The first-order chi connectivity index (χ1) is 8.41. The van der Waals surface area contributed by atoms with Gasteiger partial charge in [0.2, 0.25) is 0 Å². The number of carbonyl (C=O) groups excluding carboxylic acids is 1. The van der Waals surface area contributed by atoms with Crippen molar-refractivity contribution in [1.82, 2.24) is 4.90 Å². The Balaban J connectivity index is 2.33. The Bertz CT molecular complexity index is 482. The van der Waals surface area contributed by atoms with Crippen LogP contribution >= 0.6 is 0 Å². The number of carbonyl (C=O) groups is 1. The van der Waals surface area contributed by atoms with Gasteiger partial charge in [-0.1, -0.05) is 6.07 Å². The molecule has 18 heavy (non-hydrogen) atoms. The van der Waals surface area contributed by atoms with Gasteiger partial charge in [-0.2, -0.15) is 0 Å².